The van der Waals surface area contributed by atoms with Crippen molar-refractivity contribution >= 4 is 11.4 Å². The highest BCUT2D eigenvalue weighted by molar-refractivity contribution is 5.83. The molecule has 2 aromatic carbocycles. The Morgan fingerprint density at radius 2 is 1.37 bits per heavy atom. The molecule has 0 fully saturated rings. The summed E-state index contributed by atoms with van der Waals surface area (Å²) in [6, 6.07) is 16.9. The Morgan fingerprint density at radius 3 is 1.88 bits per heavy atom. The number of nitrogens with one attached hydrogen (secondary N) is 3. The lowest BCUT2D eigenvalue weighted by atomic mass is 9.87. The average Bonchev–Trinajstić information content (AvgIpc) is 3.13. The van der Waals surface area contributed by atoms with Gasteiger partial charge in [-0.1, -0.05) is 142 Å². The largest absolute Gasteiger partial charge is 0.384 e. The van der Waals surface area contributed by atoms with Gasteiger partial charge in [-0.25, -0.2) is 0 Å². The number of nitrogens with zero attached hydrogens (tertiary/aromatic N) is 2. The molecule has 0 aliphatic heterocycles. The van der Waals surface area contributed by atoms with Crippen LogP contribution in [0.25, 0.3) is 5.57 Å². The summed E-state index contributed by atoms with van der Waals surface area (Å²) in [4.78, 5) is 6.52. The zero-order valence-corrected chi connectivity index (χ0v) is 32.4. The minimum absolute atomic E-state index is 0.408. The Balaban J connectivity index is 0.00000363. The summed E-state index contributed by atoms with van der Waals surface area (Å²) in [6.45, 7) is 47.8. The summed E-state index contributed by atoms with van der Waals surface area (Å²) in [6.07, 6.45) is 5.82. The molecule has 266 valence electrons. The van der Waals surface area contributed by atoms with Crippen molar-refractivity contribution in [1.29, 1.82) is 0 Å². The van der Waals surface area contributed by atoms with Crippen LogP contribution in [0.3, 0.4) is 0 Å². The number of benzene rings is 2. The molecule has 1 unspecified atom stereocenters. The number of amidine groups is 1. The van der Waals surface area contributed by atoms with E-state index in [2.05, 4.69) is 122 Å². The van der Waals surface area contributed by atoms with Crippen molar-refractivity contribution in [2.75, 3.05) is 6.54 Å². The molecule has 3 rings (SSSR count). The van der Waals surface area contributed by atoms with E-state index in [1.165, 1.54) is 22.4 Å². The molecule has 2 aromatic rings. The summed E-state index contributed by atoms with van der Waals surface area (Å²) in [5.41, 5.74) is 11.1. The molecule has 0 amide bonds. The van der Waals surface area contributed by atoms with Crippen LogP contribution < -0.4 is 16.0 Å². The van der Waals surface area contributed by atoms with E-state index >= 15 is 0 Å². The minimum Gasteiger partial charge on any atom is -0.384 e. The van der Waals surface area contributed by atoms with Crippen molar-refractivity contribution < 1.29 is 0 Å². The first kappa shape index (κ1) is 44.2. The van der Waals surface area contributed by atoms with E-state index in [0.29, 0.717) is 25.6 Å². The highest BCUT2D eigenvalue weighted by Gasteiger charge is 2.20. The molecule has 1 aliphatic rings. The van der Waals surface area contributed by atoms with Crippen molar-refractivity contribution in [3.8, 4) is 0 Å². The van der Waals surface area contributed by atoms with Gasteiger partial charge in [0.05, 0.1) is 11.4 Å². The SMILES string of the molecule is C=CN(C(C)=NCC)/C(=C\C(=C)C(=C)NCc1cccc(CNC2=CC(=C)C2C)c1)C(=C)NCc1ccc(C(=C)C)cc1.CC.CC.CC. The average molecular weight is 664 g/mol. The molecule has 5 heteroatoms. The van der Waals surface area contributed by atoms with Gasteiger partial charge in [0.25, 0.3) is 0 Å². The minimum atomic E-state index is 0.408. The monoisotopic (exact) mass is 664 g/mol. The van der Waals surface area contributed by atoms with Crippen molar-refractivity contribution in [3.63, 3.8) is 0 Å². The van der Waals surface area contributed by atoms with Gasteiger partial charge in [0, 0.05) is 49.7 Å². The van der Waals surface area contributed by atoms with Gasteiger partial charge < -0.3 is 20.9 Å². The topological polar surface area (TPSA) is 51.7 Å². The Hall–Kier alpha value is -4.77. The first-order valence-electron chi connectivity index (χ1n) is 17.7. The van der Waals surface area contributed by atoms with Gasteiger partial charge >= 0.3 is 0 Å². The van der Waals surface area contributed by atoms with Crippen LogP contribution in [0, 0.1) is 5.92 Å². The maximum atomic E-state index is 4.60. The lowest BCUT2D eigenvalue weighted by molar-refractivity contribution is 0.640. The Bertz CT molecular complexity index is 1480. The molecule has 0 radical (unpaired) electrons. The van der Waals surface area contributed by atoms with E-state index in [-0.39, 0.29) is 0 Å². The van der Waals surface area contributed by atoms with E-state index in [1.807, 2.05) is 73.3 Å². The van der Waals surface area contributed by atoms with Gasteiger partial charge in [-0.3, -0.25) is 4.99 Å². The van der Waals surface area contributed by atoms with Crippen LogP contribution in [0.2, 0.25) is 0 Å². The van der Waals surface area contributed by atoms with Crippen molar-refractivity contribution in [2.24, 2.45) is 10.9 Å². The predicted molar refractivity (Wildman–Crippen MR) is 220 cm³/mol. The third-order valence-corrected chi connectivity index (χ3v) is 7.50. The van der Waals surface area contributed by atoms with Gasteiger partial charge in [0.2, 0.25) is 0 Å². The molecule has 0 saturated heterocycles. The second kappa shape index (κ2) is 24.4. The fourth-order valence-corrected chi connectivity index (χ4v) is 4.60. The maximum absolute atomic E-state index is 4.60. The van der Waals surface area contributed by atoms with E-state index in [0.717, 1.165) is 51.7 Å². The molecular weight excluding hydrogens is 599 g/mol. The third kappa shape index (κ3) is 14.5. The Labute approximate surface area is 300 Å². The highest BCUT2D eigenvalue weighted by Crippen LogP contribution is 2.29. The zero-order chi connectivity index (χ0) is 37.5. The molecule has 49 heavy (non-hydrogen) atoms. The number of rotatable bonds is 16. The van der Waals surface area contributed by atoms with Crippen LogP contribution in [0.4, 0.5) is 0 Å². The normalized spacial score (nSPS) is 13.2. The van der Waals surface area contributed by atoms with E-state index in [4.69, 9.17) is 0 Å². The molecule has 3 N–H and O–H groups in total. The zero-order valence-electron chi connectivity index (χ0n) is 32.4. The van der Waals surface area contributed by atoms with Crippen LogP contribution >= 0.6 is 0 Å². The lowest BCUT2D eigenvalue weighted by Gasteiger charge is -2.27. The summed E-state index contributed by atoms with van der Waals surface area (Å²) >= 11 is 0. The van der Waals surface area contributed by atoms with Gasteiger partial charge in [0.15, 0.2) is 0 Å². The van der Waals surface area contributed by atoms with Crippen LogP contribution in [-0.4, -0.2) is 17.3 Å². The molecule has 0 aromatic heterocycles. The number of allylic oxidation sites excluding steroid dienone is 4. The predicted octanol–water partition coefficient (Wildman–Crippen LogP) is 11.2. The molecule has 0 bridgehead atoms. The molecule has 1 atom stereocenters. The summed E-state index contributed by atoms with van der Waals surface area (Å²) in [5.74, 6) is 1.22. The fraction of sp³-hybridized carbons (Fsp3) is 0.341. The van der Waals surface area contributed by atoms with Crippen molar-refractivity contribution in [1.82, 2.24) is 20.9 Å². The molecular formula is C44H65N5. The Morgan fingerprint density at radius 1 is 0.816 bits per heavy atom. The molecule has 0 heterocycles. The van der Waals surface area contributed by atoms with E-state index in [9.17, 15) is 0 Å². The van der Waals surface area contributed by atoms with Gasteiger partial charge in [-0.15, -0.1) is 0 Å². The molecule has 0 saturated carbocycles. The summed E-state index contributed by atoms with van der Waals surface area (Å²) < 4.78 is 0. The Kier molecular flexibility index (Phi) is 22.0. The number of hydrogen-bond donors (Lipinski definition) is 3. The van der Waals surface area contributed by atoms with Crippen LogP contribution in [-0.2, 0) is 19.6 Å². The van der Waals surface area contributed by atoms with Gasteiger partial charge in [-0.2, -0.15) is 0 Å². The second-order valence-electron chi connectivity index (χ2n) is 10.8. The van der Waals surface area contributed by atoms with Crippen LogP contribution in [0.5, 0.6) is 0 Å². The standard InChI is InChI=1S/C38H47N5.3C2H6/c1-11-39-32(10)43(12-2)38(31(9)41-23-33-16-18-36(19-17-33)26(3)4)21-28(6)30(8)40-24-34-14-13-15-35(22-34)25-42-37-20-27(5)29(37)7;3*1-2/h12-22,29,40-42H,2-3,5-6,8-9,11,23-25H2,1,4,7,10H3;3*1-2H3/b38-21-,39-32?;;;. The van der Waals surface area contributed by atoms with Crippen molar-refractivity contribution in [3.05, 3.63) is 163 Å². The molecule has 1 aliphatic carbocycles. The molecule has 5 nitrogen and oxygen atoms in total. The van der Waals surface area contributed by atoms with Gasteiger partial charge in [-0.05, 0) is 66.3 Å². The van der Waals surface area contributed by atoms with Crippen LogP contribution in [0.15, 0.2) is 145 Å². The number of hydrogen-bond acceptors (Lipinski definition) is 4. The summed E-state index contributed by atoms with van der Waals surface area (Å²) in [5, 5.41) is 10.4. The van der Waals surface area contributed by atoms with Gasteiger partial charge in [0.1, 0.15) is 5.84 Å². The highest BCUT2D eigenvalue weighted by atomic mass is 15.2. The first-order chi connectivity index (χ1) is 23.5. The smallest absolute Gasteiger partial charge is 0.104 e. The lowest BCUT2D eigenvalue weighted by Crippen LogP contribution is -2.28. The van der Waals surface area contributed by atoms with E-state index in [1.54, 1.807) is 6.20 Å². The maximum Gasteiger partial charge on any atom is 0.104 e. The number of aliphatic imine (C=N–C) groups is 1. The third-order valence-electron chi connectivity index (χ3n) is 7.50. The summed E-state index contributed by atoms with van der Waals surface area (Å²) in [7, 11) is 0. The van der Waals surface area contributed by atoms with Crippen molar-refractivity contribution in [2.45, 2.75) is 88.9 Å². The van der Waals surface area contributed by atoms with E-state index < -0.39 is 0 Å². The second-order valence-corrected chi connectivity index (χ2v) is 10.8. The quantitative estimate of drug-likeness (QED) is 0.0950. The van der Waals surface area contributed by atoms with Crippen LogP contribution in [0.1, 0.15) is 91.5 Å². The first-order valence-corrected chi connectivity index (χ1v) is 17.7. The fourth-order valence-electron chi connectivity index (χ4n) is 4.60. The molecule has 0 spiro atoms.